The third-order valence-electron chi connectivity index (χ3n) is 2.34. The van der Waals surface area contributed by atoms with Crippen LogP contribution in [0.3, 0.4) is 0 Å². The molecule has 12 heavy (non-hydrogen) atoms. The summed E-state index contributed by atoms with van der Waals surface area (Å²) in [5.74, 6) is 0.863. The molecule has 0 bridgehead atoms. The first-order valence-corrected chi connectivity index (χ1v) is 5.24. The highest BCUT2D eigenvalue weighted by molar-refractivity contribution is 4.73. The first-order chi connectivity index (χ1) is 5.60. The van der Waals surface area contributed by atoms with Gasteiger partial charge in [0.2, 0.25) is 0 Å². The van der Waals surface area contributed by atoms with E-state index in [-0.39, 0.29) is 5.60 Å². The van der Waals surface area contributed by atoms with E-state index in [4.69, 9.17) is 4.74 Å². The predicted octanol–water partition coefficient (Wildman–Crippen LogP) is 3.63. The number of ether oxygens (including phenoxy) is 1. The van der Waals surface area contributed by atoms with Crippen LogP contribution in [0, 0.1) is 5.92 Å². The van der Waals surface area contributed by atoms with Crippen LogP contribution < -0.4 is 0 Å². The minimum Gasteiger partial charge on any atom is -0.376 e. The largest absolute Gasteiger partial charge is 0.376 e. The van der Waals surface area contributed by atoms with E-state index in [1.807, 2.05) is 13.8 Å². The highest BCUT2D eigenvalue weighted by Gasteiger charge is 2.22. The number of rotatable bonds is 0. The van der Waals surface area contributed by atoms with Gasteiger partial charge in [0.15, 0.2) is 0 Å². The monoisotopic (exact) mass is 172 g/mol. The Morgan fingerprint density at radius 3 is 2.33 bits per heavy atom. The molecule has 74 valence electrons. The standard InChI is InChI=1S/C9H18O.C2H6/c1-8-4-6-9(2,3)10-7-5-8;1-2/h8H,4-7H2,1-3H3;1-2H3. The molecule has 1 saturated heterocycles. The molecule has 0 amide bonds. The van der Waals surface area contributed by atoms with Crippen LogP contribution in [0.15, 0.2) is 0 Å². The van der Waals surface area contributed by atoms with E-state index < -0.39 is 0 Å². The zero-order valence-electron chi connectivity index (χ0n) is 9.31. The van der Waals surface area contributed by atoms with Gasteiger partial charge in [0.05, 0.1) is 5.60 Å². The maximum atomic E-state index is 5.66. The fraction of sp³-hybridized carbons (Fsp3) is 1.00. The van der Waals surface area contributed by atoms with Crippen molar-refractivity contribution in [2.45, 2.75) is 59.5 Å². The lowest BCUT2D eigenvalue weighted by molar-refractivity contribution is -0.0132. The highest BCUT2D eigenvalue weighted by atomic mass is 16.5. The van der Waals surface area contributed by atoms with E-state index in [0.717, 1.165) is 12.5 Å². The van der Waals surface area contributed by atoms with Gasteiger partial charge in [0.25, 0.3) is 0 Å². The third kappa shape index (κ3) is 4.76. The molecule has 1 aliphatic rings. The van der Waals surface area contributed by atoms with E-state index in [2.05, 4.69) is 20.8 Å². The van der Waals surface area contributed by atoms with Crippen molar-refractivity contribution in [3.8, 4) is 0 Å². The van der Waals surface area contributed by atoms with E-state index in [1.165, 1.54) is 19.3 Å². The Kier molecular flexibility index (Phi) is 5.56. The summed E-state index contributed by atoms with van der Waals surface area (Å²) in [6, 6.07) is 0. The van der Waals surface area contributed by atoms with Crippen LogP contribution in [0.1, 0.15) is 53.9 Å². The zero-order chi connectivity index (χ0) is 9.61. The minimum atomic E-state index is 0.144. The first kappa shape index (κ1) is 12.0. The van der Waals surface area contributed by atoms with Crippen molar-refractivity contribution < 1.29 is 4.74 Å². The molecular weight excluding hydrogens is 148 g/mol. The summed E-state index contributed by atoms with van der Waals surface area (Å²) >= 11 is 0. The Hall–Kier alpha value is -0.0400. The minimum absolute atomic E-state index is 0.144. The van der Waals surface area contributed by atoms with Crippen LogP contribution in [0.25, 0.3) is 0 Å². The topological polar surface area (TPSA) is 9.23 Å². The zero-order valence-corrected chi connectivity index (χ0v) is 9.31. The van der Waals surface area contributed by atoms with Gasteiger partial charge in [-0.05, 0) is 39.0 Å². The Morgan fingerprint density at radius 1 is 1.17 bits per heavy atom. The van der Waals surface area contributed by atoms with Crippen LogP contribution in [-0.4, -0.2) is 12.2 Å². The molecule has 0 spiro atoms. The molecule has 1 heteroatoms. The molecule has 0 aromatic carbocycles. The van der Waals surface area contributed by atoms with E-state index in [1.54, 1.807) is 0 Å². The smallest absolute Gasteiger partial charge is 0.0626 e. The normalized spacial score (nSPS) is 28.2. The Balaban J connectivity index is 0.000000561. The van der Waals surface area contributed by atoms with Gasteiger partial charge >= 0.3 is 0 Å². The van der Waals surface area contributed by atoms with Crippen LogP contribution >= 0.6 is 0 Å². The summed E-state index contributed by atoms with van der Waals surface area (Å²) < 4.78 is 5.66. The van der Waals surface area contributed by atoms with Gasteiger partial charge in [-0.1, -0.05) is 20.8 Å². The average molecular weight is 172 g/mol. The Morgan fingerprint density at radius 2 is 1.75 bits per heavy atom. The molecule has 0 aromatic rings. The van der Waals surface area contributed by atoms with Gasteiger partial charge in [-0.25, -0.2) is 0 Å². The third-order valence-corrected chi connectivity index (χ3v) is 2.34. The van der Waals surface area contributed by atoms with Crippen molar-refractivity contribution >= 4 is 0 Å². The van der Waals surface area contributed by atoms with Crippen LogP contribution in [0.4, 0.5) is 0 Å². The molecule has 1 nitrogen and oxygen atoms in total. The van der Waals surface area contributed by atoms with E-state index in [9.17, 15) is 0 Å². The second kappa shape index (κ2) is 5.58. The summed E-state index contributed by atoms with van der Waals surface area (Å²) in [5, 5.41) is 0. The molecule has 1 unspecified atom stereocenters. The van der Waals surface area contributed by atoms with Gasteiger partial charge < -0.3 is 4.74 Å². The molecule has 0 saturated carbocycles. The van der Waals surface area contributed by atoms with Crippen molar-refractivity contribution in [1.29, 1.82) is 0 Å². The summed E-state index contributed by atoms with van der Waals surface area (Å²) in [7, 11) is 0. The lowest BCUT2D eigenvalue weighted by Gasteiger charge is -2.22. The molecular formula is C11H24O. The van der Waals surface area contributed by atoms with Gasteiger partial charge in [-0.15, -0.1) is 0 Å². The number of hydrogen-bond donors (Lipinski definition) is 0. The maximum absolute atomic E-state index is 5.66. The lowest BCUT2D eigenvalue weighted by atomic mass is 9.96. The van der Waals surface area contributed by atoms with Gasteiger partial charge in [0, 0.05) is 6.61 Å². The molecule has 1 heterocycles. The van der Waals surface area contributed by atoms with Crippen LogP contribution in [0.5, 0.6) is 0 Å². The Labute approximate surface area is 77.5 Å². The van der Waals surface area contributed by atoms with Crippen molar-refractivity contribution in [2.24, 2.45) is 5.92 Å². The fourth-order valence-electron chi connectivity index (χ4n) is 1.35. The summed E-state index contributed by atoms with van der Waals surface area (Å²) in [5.41, 5.74) is 0.144. The van der Waals surface area contributed by atoms with Crippen molar-refractivity contribution in [1.82, 2.24) is 0 Å². The fourth-order valence-corrected chi connectivity index (χ4v) is 1.35. The Bertz CT molecular complexity index is 108. The number of hydrogen-bond acceptors (Lipinski definition) is 1. The van der Waals surface area contributed by atoms with Crippen LogP contribution in [-0.2, 0) is 4.74 Å². The second-order valence-corrected chi connectivity index (χ2v) is 4.04. The summed E-state index contributed by atoms with van der Waals surface area (Å²) in [6.45, 7) is 11.6. The van der Waals surface area contributed by atoms with E-state index in [0.29, 0.717) is 0 Å². The molecule has 1 fully saturated rings. The quantitative estimate of drug-likeness (QED) is 0.542. The van der Waals surface area contributed by atoms with Crippen LogP contribution in [0.2, 0.25) is 0 Å². The molecule has 0 aromatic heterocycles. The van der Waals surface area contributed by atoms with Crippen molar-refractivity contribution in [3.63, 3.8) is 0 Å². The van der Waals surface area contributed by atoms with Gasteiger partial charge in [-0.3, -0.25) is 0 Å². The predicted molar refractivity (Wildman–Crippen MR) is 54.4 cm³/mol. The van der Waals surface area contributed by atoms with Crippen molar-refractivity contribution in [2.75, 3.05) is 6.61 Å². The first-order valence-electron chi connectivity index (χ1n) is 5.24. The SMILES string of the molecule is CC.CC1CCOC(C)(C)CC1. The molecule has 0 aliphatic carbocycles. The summed E-state index contributed by atoms with van der Waals surface area (Å²) in [6.07, 6.45) is 3.78. The van der Waals surface area contributed by atoms with Gasteiger partial charge in [0.1, 0.15) is 0 Å². The molecule has 0 N–H and O–H groups in total. The highest BCUT2D eigenvalue weighted by Crippen LogP contribution is 2.25. The molecule has 1 aliphatic heterocycles. The van der Waals surface area contributed by atoms with Crippen molar-refractivity contribution in [3.05, 3.63) is 0 Å². The molecule has 1 rings (SSSR count). The maximum Gasteiger partial charge on any atom is 0.0626 e. The summed E-state index contributed by atoms with van der Waals surface area (Å²) in [4.78, 5) is 0. The lowest BCUT2D eigenvalue weighted by Crippen LogP contribution is -2.22. The molecule has 1 atom stereocenters. The second-order valence-electron chi connectivity index (χ2n) is 4.04. The van der Waals surface area contributed by atoms with E-state index >= 15 is 0 Å². The van der Waals surface area contributed by atoms with Gasteiger partial charge in [-0.2, -0.15) is 0 Å². The molecule has 0 radical (unpaired) electrons. The average Bonchev–Trinajstić information content (AvgIpc) is 2.17.